The van der Waals surface area contributed by atoms with Gasteiger partial charge in [-0.1, -0.05) is 0 Å². The Morgan fingerprint density at radius 1 is 1.39 bits per heavy atom. The second-order valence-corrected chi connectivity index (χ2v) is 4.02. The topological polar surface area (TPSA) is 64.7 Å². The molecule has 0 unspecified atom stereocenters. The molecule has 2 aromatic rings. The Labute approximate surface area is 105 Å². The Morgan fingerprint density at radius 2 is 2.22 bits per heavy atom. The minimum absolute atomic E-state index is 0.0824. The standard InChI is InChI=1S/C12H17N5O/c1-3-17-9-7-14-11(12(17)18)13-6-4-10-5-8-16(2)15-10/h5,7-9H,3-4,6H2,1-2H3,(H,13,14). The molecule has 18 heavy (non-hydrogen) atoms. The Hall–Kier alpha value is -2.11. The van der Waals surface area contributed by atoms with E-state index in [0.29, 0.717) is 18.9 Å². The van der Waals surface area contributed by atoms with Crippen molar-refractivity contribution in [1.82, 2.24) is 19.3 Å². The van der Waals surface area contributed by atoms with Gasteiger partial charge in [-0.05, 0) is 13.0 Å². The summed E-state index contributed by atoms with van der Waals surface area (Å²) in [4.78, 5) is 15.9. The fourth-order valence-corrected chi connectivity index (χ4v) is 1.72. The predicted octanol–water partition coefficient (Wildman–Crippen LogP) is 0.651. The lowest BCUT2D eigenvalue weighted by molar-refractivity contribution is 0.717. The van der Waals surface area contributed by atoms with Gasteiger partial charge in [-0.25, -0.2) is 4.98 Å². The Bertz CT molecular complexity index is 572. The zero-order valence-corrected chi connectivity index (χ0v) is 10.6. The largest absolute Gasteiger partial charge is 0.365 e. The summed E-state index contributed by atoms with van der Waals surface area (Å²) >= 11 is 0. The number of anilines is 1. The van der Waals surface area contributed by atoms with Gasteiger partial charge in [-0.15, -0.1) is 0 Å². The molecule has 2 rings (SSSR count). The highest BCUT2D eigenvalue weighted by Crippen LogP contribution is 1.97. The van der Waals surface area contributed by atoms with Crippen molar-refractivity contribution in [2.24, 2.45) is 7.05 Å². The van der Waals surface area contributed by atoms with E-state index in [-0.39, 0.29) is 5.56 Å². The molecule has 6 heteroatoms. The molecule has 0 spiro atoms. The van der Waals surface area contributed by atoms with E-state index in [4.69, 9.17) is 0 Å². The first-order chi connectivity index (χ1) is 8.70. The van der Waals surface area contributed by atoms with Gasteiger partial charge in [0, 0.05) is 45.1 Å². The molecule has 1 N–H and O–H groups in total. The fraction of sp³-hybridized carbons (Fsp3) is 0.417. The third-order valence-electron chi connectivity index (χ3n) is 2.70. The van der Waals surface area contributed by atoms with Crippen molar-refractivity contribution in [3.8, 4) is 0 Å². The maximum absolute atomic E-state index is 11.9. The lowest BCUT2D eigenvalue weighted by Crippen LogP contribution is -2.24. The third kappa shape index (κ3) is 2.77. The third-order valence-corrected chi connectivity index (χ3v) is 2.70. The maximum atomic E-state index is 11.9. The van der Waals surface area contributed by atoms with E-state index in [0.717, 1.165) is 12.1 Å². The molecule has 2 heterocycles. The van der Waals surface area contributed by atoms with Crippen LogP contribution in [0.4, 0.5) is 5.82 Å². The van der Waals surface area contributed by atoms with Crippen molar-refractivity contribution >= 4 is 5.82 Å². The van der Waals surface area contributed by atoms with Gasteiger partial charge in [0.2, 0.25) is 0 Å². The average Bonchev–Trinajstić information content (AvgIpc) is 2.77. The molecule has 0 fully saturated rings. The summed E-state index contributed by atoms with van der Waals surface area (Å²) in [6.45, 7) is 3.22. The minimum Gasteiger partial charge on any atom is -0.365 e. The van der Waals surface area contributed by atoms with Gasteiger partial charge in [0.05, 0.1) is 5.69 Å². The van der Waals surface area contributed by atoms with Gasteiger partial charge >= 0.3 is 0 Å². The normalized spacial score (nSPS) is 10.6. The summed E-state index contributed by atoms with van der Waals surface area (Å²) in [7, 11) is 1.88. The monoisotopic (exact) mass is 247 g/mol. The molecule has 0 saturated heterocycles. The van der Waals surface area contributed by atoms with Crippen molar-refractivity contribution in [2.75, 3.05) is 11.9 Å². The molecule has 0 amide bonds. The van der Waals surface area contributed by atoms with Gasteiger partial charge in [-0.3, -0.25) is 9.48 Å². The van der Waals surface area contributed by atoms with Crippen LogP contribution < -0.4 is 10.9 Å². The highest BCUT2D eigenvalue weighted by molar-refractivity contribution is 5.30. The van der Waals surface area contributed by atoms with Crippen LogP contribution in [0.3, 0.4) is 0 Å². The van der Waals surface area contributed by atoms with Crippen LogP contribution >= 0.6 is 0 Å². The SMILES string of the molecule is CCn1ccnc(NCCc2ccn(C)n2)c1=O. The van der Waals surface area contributed by atoms with E-state index < -0.39 is 0 Å². The van der Waals surface area contributed by atoms with Crippen LogP contribution in [0, 0.1) is 0 Å². The number of nitrogens with one attached hydrogen (secondary N) is 1. The van der Waals surface area contributed by atoms with E-state index >= 15 is 0 Å². The van der Waals surface area contributed by atoms with E-state index in [2.05, 4.69) is 15.4 Å². The van der Waals surface area contributed by atoms with Crippen molar-refractivity contribution in [2.45, 2.75) is 19.9 Å². The van der Waals surface area contributed by atoms with Crippen molar-refractivity contribution in [3.63, 3.8) is 0 Å². The molecule has 0 bridgehead atoms. The molecule has 2 aromatic heterocycles. The number of nitrogens with zero attached hydrogens (tertiary/aromatic N) is 4. The summed E-state index contributed by atoms with van der Waals surface area (Å²) in [6.07, 6.45) is 5.99. The van der Waals surface area contributed by atoms with Gasteiger partial charge < -0.3 is 9.88 Å². The van der Waals surface area contributed by atoms with Crippen LogP contribution in [-0.4, -0.2) is 25.9 Å². The summed E-state index contributed by atoms with van der Waals surface area (Å²) in [5.74, 6) is 0.398. The molecule has 0 aromatic carbocycles. The van der Waals surface area contributed by atoms with Crippen LogP contribution in [0.15, 0.2) is 29.5 Å². The van der Waals surface area contributed by atoms with Crippen LogP contribution in [0.1, 0.15) is 12.6 Å². The first-order valence-electron chi connectivity index (χ1n) is 5.98. The average molecular weight is 247 g/mol. The van der Waals surface area contributed by atoms with Gasteiger partial charge in [0.25, 0.3) is 5.56 Å². The molecule has 96 valence electrons. The Kier molecular flexibility index (Phi) is 3.76. The molecule has 0 aliphatic heterocycles. The van der Waals surface area contributed by atoms with Gasteiger partial charge in [-0.2, -0.15) is 5.10 Å². The molecular weight excluding hydrogens is 230 g/mol. The maximum Gasteiger partial charge on any atom is 0.293 e. The first-order valence-corrected chi connectivity index (χ1v) is 5.98. The van der Waals surface area contributed by atoms with Crippen molar-refractivity contribution in [3.05, 3.63) is 40.7 Å². The Balaban J connectivity index is 1.96. The summed E-state index contributed by atoms with van der Waals surface area (Å²) in [5, 5.41) is 7.32. The van der Waals surface area contributed by atoms with Crippen LogP contribution in [0.5, 0.6) is 0 Å². The zero-order chi connectivity index (χ0) is 13.0. The van der Waals surface area contributed by atoms with Crippen molar-refractivity contribution in [1.29, 1.82) is 0 Å². The van der Waals surface area contributed by atoms with Gasteiger partial charge in [0.15, 0.2) is 5.82 Å². The van der Waals surface area contributed by atoms with Gasteiger partial charge in [0.1, 0.15) is 0 Å². The second-order valence-electron chi connectivity index (χ2n) is 4.02. The molecule has 0 atom stereocenters. The summed E-state index contributed by atoms with van der Waals surface area (Å²) in [6, 6.07) is 1.96. The number of aromatic nitrogens is 4. The first kappa shape index (κ1) is 12.3. The number of hydrogen-bond donors (Lipinski definition) is 1. The molecule has 0 aliphatic rings. The predicted molar refractivity (Wildman–Crippen MR) is 69.6 cm³/mol. The molecule has 6 nitrogen and oxygen atoms in total. The van der Waals surface area contributed by atoms with Crippen molar-refractivity contribution < 1.29 is 0 Å². The fourth-order valence-electron chi connectivity index (χ4n) is 1.72. The smallest absolute Gasteiger partial charge is 0.293 e. The highest BCUT2D eigenvalue weighted by atomic mass is 16.1. The number of aryl methyl sites for hydroxylation is 2. The van der Waals surface area contributed by atoms with Crippen LogP contribution in [-0.2, 0) is 20.0 Å². The second kappa shape index (κ2) is 5.48. The van der Waals surface area contributed by atoms with E-state index in [9.17, 15) is 4.79 Å². The lowest BCUT2D eigenvalue weighted by atomic mass is 10.3. The molecule has 0 aliphatic carbocycles. The van der Waals surface area contributed by atoms with Crippen LogP contribution in [0.25, 0.3) is 0 Å². The number of rotatable bonds is 5. The molecule has 0 radical (unpaired) electrons. The summed E-state index contributed by atoms with van der Waals surface area (Å²) < 4.78 is 3.39. The molecule has 0 saturated carbocycles. The van der Waals surface area contributed by atoms with E-state index in [1.165, 1.54) is 0 Å². The Morgan fingerprint density at radius 3 is 2.89 bits per heavy atom. The van der Waals surface area contributed by atoms with E-state index in [1.54, 1.807) is 21.6 Å². The quantitative estimate of drug-likeness (QED) is 0.842. The minimum atomic E-state index is -0.0824. The van der Waals surface area contributed by atoms with Crippen LogP contribution in [0.2, 0.25) is 0 Å². The lowest BCUT2D eigenvalue weighted by Gasteiger charge is -2.06. The number of hydrogen-bond acceptors (Lipinski definition) is 4. The van der Waals surface area contributed by atoms with E-state index in [1.807, 2.05) is 26.2 Å². The molecular formula is C12H17N5O. The highest BCUT2D eigenvalue weighted by Gasteiger charge is 2.03. The summed E-state index contributed by atoms with van der Waals surface area (Å²) in [5.41, 5.74) is 0.915. The zero-order valence-electron chi connectivity index (χ0n) is 10.6.